The molecule has 0 aromatic heterocycles. The van der Waals surface area contributed by atoms with Crippen LogP contribution >= 0.6 is 0 Å². The van der Waals surface area contributed by atoms with Crippen molar-refractivity contribution in [2.75, 3.05) is 0 Å². The number of ether oxygens (including phenoxy) is 2. The van der Waals surface area contributed by atoms with E-state index in [0.29, 0.717) is 6.42 Å². The molecule has 0 unspecified atom stereocenters. The summed E-state index contributed by atoms with van der Waals surface area (Å²) < 4.78 is 10.1. The summed E-state index contributed by atoms with van der Waals surface area (Å²) in [7, 11) is 0. The van der Waals surface area contributed by atoms with Gasteiger partial charge in [0.05, 0.1) is 0 Å². The predicted molar refractivity (Wildman–Crippen MR) is 44.7 cm³/mol. The van der Waals surface area contributed by atoms with E-state index in [1.807, 2.05) is 0 Å². The fourth-order valence-electron chi connectivity index (χ4n) is 0.896. The first-order valence-corrected chi connectivity index (χ1v) is 4.29. The van der Waals surface area contributed by atoms with Crippen LogP contribution in [0.2, 0.25) is 0 Å². The maximum absolute atomic E-state index is 11.4. The Morgan fingerprint density at radius 2 is 1.46 bits per heavy atom. The fourth-order valence-corrected chi connectivity index (χ4v) is 0.896. The number of carbonyl (C=O) groups is 2. The molecule has 0 atom stereocenters. The molecular weight excluding hydrogens is 172 g/mol. The second kappa shape index (κ2) is 2.72. The largest absolute Gasteiger partial charge is 0.422 e. The summed E-state index contributed by atoms with van der Waals surface area (Å²) >= 11 is 0. The zero-order valence-electron chi connectivity index (χ0n) is 8.34. The highest BCUT2D eigenvalue weighted by Crippen LogP contribution is 2.33. The van der Waals surface area contributed by atoms with E-state index in [1.165, 1.54) is 13.8 Å². The SMILES string of the molecule is CCC1(C)OC(=O)C(C)(C)C(=O)O1. The summed E-state index contributed by atoms with van der Waals surface area (Å²) in [6.45, 7) is 6.36. The monoisotopic (exact) mass is 186 g/mol. The summed E-state index contributed by atoms with van der Waals surface area (Å²) in [5.41, 5.74) is -1.17. The lowest BCUT2D eigenvalue weighted by Crippen LogP contribution is -2.52. The lowest BCUT2D eigenvalue weighted by molar-refractivity contribution is -0.254. The number of hydrogen-bond donors (Lipinski definition) is 0. The second-order valence-electron chi connectivity index (χ2n) is 3.89. The van der Waals surface area contributed by atoms with Crippen molar-refractivity contribution in [1.29, 1.82) is 0 Å². The number of rotatable bonds is 1. The van der Waals surface area contributed by atoms with Gasteiger partial charge in [-0.3, -0.25) is 9.59 Å². The molecule has 0 saturated carbocycles. The lowest BCUT2D eigenvalue weighted by atomic mass is 9.92. The quantitative estimate of drug-likeness (QED) is 0.456. The van der Waals surface area contributed by atoms with E-state index in [4.69, 9.17) is 9.47 Å². The van der Waals surface area contributed by atoms with Crippen molar-refractivity contribution < 1.29 is 19.1 Å². The fraction of sp³-hybridized carbons (Fsp3) is 0.778. The van der Waals surface area contributed by atoms with E-state index < -0.39 is 23.1 Å². The van der Waals surface area contributed by atoms with Gasteiger partial charge in [-0.15, -0.1) is 0 Å². The third-order valence-corrected chi connectivity index (χ3v) is 2.28. The Morgan fingerprint density at radius 3 is 1.77 bits per heavy atom. The van der Waals surface area contributed by atoms with Gasteiger partial charge in [-0.05, 0) is 13.8 Å². The van der Waals surface area contributed by atoms with Crippen LogP contribution in [0.15, 0.2) is 0 Å². The van der Waals surface area contributed by atoms with Gasteiger partial charge >= 0.3 is 11.9 Å². The normalized spacial score (nSPS) is 24.9. The van der Waals surface area contributed by atoms with Crippen LogP contribution in [0.3, 0.4) is 0 Å². The van der Waals surface area contributed by atoms with Gasteiger partial charge in [0.15, 0.2) is 5.41 Å². The van der Waals surface area contributed by atoms with E-state index in [2.05, 4.69) is 0 Å². The van der Waals surface area contributed by atoms with Crippen molar-refractivity contribution in [3.8, 4) is 0 Å². The second-order valence-corrected chi connectivity index (χ2v) is 3.89. The summed E-state index contributed by atoms with van der Waals surface area (Å²) in [5.74, 6) is -2.12. The molecule has 0 aromatic rings. The van der Waals surface area contributed by atoms with Gasteiger partial charge in [0.1, 0.15) is 0 Å². The number of carbonyl (C=O) groups excluding carboxylic acids is 2. The Labute approximate surface area is 77.2 Å². The first-order valence-electron chi connectivity index (χ1n) is 4.29. The molecule has 1 rings (SSSR count). The Kier molecular flexibility index (Phi) is 2.10. The summed E-state index contributed by atoms with van der Waals surface area (Å²) in [5, 5.41) is 0. The van der Waals surface area contributed by atoms with Crippen LogP contribution in [0.5, 0.6) is 0 Å². The van der Waals surface area contributed by atoms with Gasteiger partial charge < -0.3 is 9.47 Å². The van der Waals surface area contributed by atoms with Gasteiger partial charge in [-0.1, -0.05) is 6.92 Å². The molecule has 0 aliphatic carbocycles. The topological polar surface area (TPSA) is 52.6 Å². The molecule has 4 nitrogen and oxygen atoms in total. The molecule has 1 saturated heterocycles. The van der Waals surface area contributed by atoms with Gasteiger partial charge in [0.25, 0.3) is 5.79 Å². The van der Waals surface area contributed by atoms with Crippen LogP contribution in [-0.2, 0) is 19.1 Å². The molecule has 0 radical (unpaired) electrons. The highest BCUT2D eigenvalue weighted by Gasteiger charge is 2.50. The van der Waals surface area contributed by atoms with E-state index in [1.54, 1.807) is 13.8 Å². The van der Waals surface area contributed by atoms with Gasteiger partial charge in [-0.25, -0.2) is 0 Å². The molecule has 0 spiro atoms. The first kappa shape index (κ1) is 10.0. The van der Waals surface area contributed by atoms with Crippen LogP contribution in [0.25, 0.3) is 0 Å². The molecule has 0 aromatic carbocycles. The van der Waals surface area contributed by atoms with Crippen LogP contribution in [0.4, 0.5) is 0 Å². The maximum Gasteiger partial charge on any atom is 0.326 e. The van der Waals surface area contributed by atoms with E-state index in [9.17, 15) is 9.59 Å². The minimum absolute atomic E-state index is 0.459. The molecule has 13 heavy (non-hydrogen) atoms. The Bertz CT molecular complexity index is 234. The minimum Gasteiger partial charge on any atom is -0.422 e. The molecular formula is C9H14O4. The number of cyclic esters (lactones) is 2. The Hall–Kier alpha value is -1.06. The zero-order chi connectivity index (χ0) is 10.3. The van der Waals surface area contributed by atoms with Crippen molar-refractivity contribution in [2.24, 2.45) is 5.41 Å². The summed E-state index contributed by atoms with van der Waals surface area (Å²) in [4.78, 5) is 22.8. The zero-order valence-corrected chi connectivity index (χ0v) is 8.34. The average molecular weight is 186 g/mol. The molecule has 74 valence electrons. The van der Waals surface area contributed by atoms with Crippen molar-refractivity contribution in [2.45, 2.75) is 39.9 Å². The number of hydrogen-bond acceptors (Lipinski definition) is 4. The van der Waals surface area contributed by atoms with Crippen LogP contribution < -0.4 is 0 Å². The highest BCUT2D eigenvalue weighted by atomic mass is 16.7. The highest BCUT2D eigenvalue weighted by molar-refractivity contribution is 6.00. The Balaban J connectivity index is 2.92. The summed E-state index contributed by atoms with van der Waals surface area (Å²) in [6.07, 6.45) is 0.459. The molecule has 1 aliphatic heterocycles. The van der Waals surface area contributed by atoms with Crippen molar-refractivity contribution in [3.63, 3.8) is 0 Å². The van der Waals surface area contributed by atoms with Crippen molar-refractivity contribution in [3.05, 3.63) is 0 Å². The van der Waals surface area contributed by atoms with Gasteiger partial charge in [-0.2, -0.15) is 0 Å². The van der Waals surface area contributed by atoms with Gasteiger partial charge in [0, 0.05) is 13.3 Å². The third kappa shape index (κ3) is 1.53. The lowest BCUT2D eigenvalue weighted by Gasteiger charge is -2.38. The van der Waals surface area contributed by atoms with Crippen LogP contribution in [0, 0.1) is 5.41 Å². The van der Waals surface area contributed by atoms with E-state index in [-0.39, 0.29) is 0 Å². The first-order chi connectivity index (χ1) is 5.82. The smallest absolute Gasteiger partial charge is 0.326 e. The molecule has 0 N–H and O–H groups in total. The third-order valence-electron chi connectivity index (χ3n) is 2.28. The minimum atomic E-state index is -1.17. The van der Waals surface area contributed by atoms with Gasteiger partial charge in [0.2, 0.25) is 0 Å². The molecule has 1 heterocycles. The van der Waals surface area contributed by atoms with Crippen molar-refractivity contribution in [1.82, 2.24) is 0 Å². The van der Waals surface area contributed by atoms with Crippen LogP contribution in [0.1, 0.15) is 34.1 Å². The van der Waals surface area contributed by atoms with E-state index >= 15 is 0 Å². The molecule has 0 amide bonds. The standard InChI is InChI=1S/C9H14O4/c1-5-9(4)12-6(10)8(2,3)7(11)13-9/h5H2,1-4H3. The molecule has 1 aliphatic rings. The molecule has 4 heteroatoms. The Morgan fingerprint density at radius 1 is 1.08 bits per heavy atom. The van der Waals surface area contributed by atoms with Crippen molar-refractivity contribution >= 4 is 11.9 Å². The van der Waals surface area contributed by atoms with Crippen LogP contribution in [-0.4, -0.2) is 17.7 Å². The average Bonchev–Trinajstić information content (AvgIpc) is 2.01. The summed E-state index contributed by atoms with van der Waals surface area (Å²) in [6, 6.07) is 0. The predicted octanol–water partition coefficient (Wildman–Crippen LogP) is 1.24. The number of esters is 2. The maximum atomic E-state index is 11.4. The molecule has 1 fully saturated rings. The van der Waals surface area contributed by atoms with E-state index in [0.717, 1.165) is 0 Å². The molecule has 0 bridgehead atoms.